The second kappa shape index (κ2) is 14.6. The van der Waals surface area contributed by atoms with Crippen LogP contribution in [0.4, 0.5) is 0 Å². The van der Waals surface area contributed by atoms with E-state index >= 15 is 0 Å². The second-order valence-electron chi connectivity index (χ2n) is 8.61. The van der Waals surface area contributed by atoms with Crippen LogP contribution in [0.3, 0.4) is 0 Å². The fraction of sp³-hybridized carbons (Fsp3) is 0.909. The first-order chi connectivity index (χ1) is 10.1. The van der Waals surface area contributed by atoms with Gasteiger partial charge in [-0.15, -0.1) is 0 Å². The molecule has 0 rings (SSSR count). The van der Waals surface area contributed by atoms with Crippen molar-refractivity contribution in [3.63, 3.8) is 0 Å². The molecule has 5 atom stereocenters. The van der Waals surface area contributed by atoms with Crippen LogP contribution in [0.5, 0.6) is 0 Å². The van der Waals surface area contributed by atoms with Crippen LogP contribution in [0.15, 0.2) is 0 Å². The average Bonchev–Trinajstić information content (AvgIpc) is 2.35. The van der Waals surface area contributed by atoms with E-state index in [-0.39, 0.29) is 0 Å². The van der Waals surface area contributed by atoms with E-state index in [0.717, 1.165) is 23.7 Å². The molecule has 0 amide bonds. The Kier molecular flexibility index (Phi) is 16.1. The highest BCUT2D eigenvalue weighted by atomic mass is 14.1. The summed E-state index contributed by atoms with van der Waals surface area (Å²) < 4.78 is 0. The predicted molar refractivity (Wildman–Crippen MR) is 105 cm³/mol. The summed E-state index contributed by atoms with van der Waals surface area (Å²) in [6.07, 6.45) is 7.99. The van der Waals surface area contributed by atoms with Crippen LogP contribution in [0.1, 0.15) is 93.9 Å². The largest absolute Gasteiger partial charge is 0.0651 e. The van der Waals surface area contributed by atoms with Crippen LogP contribution < -0.4 is 0 Å². The molecular weight excluding hydrogens is 264 g/mol. The van der Waals surface area contributed by atoms with Crippen molar-refractivity contribution < 1.29 is 0 Å². The zero-order chi connectivity index (χ0) is 17.7. The molecule has 134 valence electrons. The lowest BCUT2D eigenvalue weighted by molar-refractivity contribution is 0.361. The van der Waals surface area contributed by atoms with E-state index in [0.29, 0.717) is 11.8 Å². The highest BCUT2D eigenvalue weighted by molar-refractivity contribution is 4.63. The molecule has 0 aliphatic carbocycles. The van der Waals surface area contributed by atoms with Crippen LogP contribution in [-0.4, -0.2) is 0 Å². The van der Waals surface area contributed by atoms with Gasteiger partial charge in [0.1, 0.15) is 0 Å². The lowest BCUT2D eigenvalue weighted by Crippen LogP contribution is -2.05. The van der Waals surface area contributed by atoms with E-state index in [9.17, 15) is 0 Å². The second-order valence-corrected chi connectivity index (χ2v) is 8.61. The lowest BCUT2D eigenvalue weighted by atomic mass is 9.89. The normalized spacial score (nSPS) is 15.7. The lowest BCUT2D eigenvalue weighted by Gasteiger charge is -2.17. The Balaban J connectivity index is 0. The van der Waals surface area contributed by atoms with Gasteiger partial charge < -0.3 is 0 Å². The Morgan fingerprint density at radius 3 is 1.41 bits per heavy atom. The Bertz CT molecular complexity index is 214. The maximum Gasteiger partial charge on any atom is -0.0438 e. The Hall–Kier alpha value is 0. The third-order valence-corrected chi connectivity index (χ3v) is 4.35. The van der Waals surface area contributed by atoms with Crippen LogP contribution in [0, 0.1) is 49.4 Å². The Morgan fingerprint density at radius 2 is 1.05 bits per heavy atom. The zero-order valence-electron chi connectivity index (χ0n) is 17.1. The van der Waals surface area contributed by atoms with E-state index in [1.807, 2.05) is 0 Å². The highest BCUT2D eigenvalue weighted by Gasteiger charge is 2.08. The van der Waals surface area contributed by atoms with Crippen LogP contribution >= 0.6 is 0 Å². The van der Waals surface area contributed by atoms with Crippen molar-refractivity contribution in [2.75, 3.05) is 0 Å². The van der Waals surface area contributed by atoms with Gasteiger partial charge in [-0.05, 0) is 54.8 Å². The summed E-state index contributed by atoms with van der Waals surface area (Å²) in [4.78, 5) is 0. The van der Waals surface area contributed by atoms with E-state index in [4.69, 9.17) is 0 Å². The Morgan fingerprint density at radius 1 is 0.591 bits per heavy atom. The summed E-state index contributed by atoms with van der Waals surface area (Å²) in [5.74, 6) is 4.72. The molecule has 0 aliphatic heterocycles. The Labute approximate surface area is 143 Å². The van der Waals surface area contributed by atoms with Crippen molar-refractivity contribution in [1.29, 1.82) is 0 Å². The quantitative estimate of drug-likeness (QED) is 0.385. The van der Waals surface area contributed by atoms with Crippen LogP contribution in [-0.2, 0) is 0 Å². The monoisotopic (exact) mass is 310 g/mol. The van der Waals surface area contributed by atoms with Crippen molar-refractivity contribution >= 4 is 0 Å². The van der Waals surface area contributed by atoms with Gasteiger partial charge in [-0.25, -0.2) is 0 Å². The molecule has 0 aromatic heterocycles. The van der Waals surface area contributed by atoms with Gasteiger partial charge in [-0.3, -0.25) is 0 Å². The third kappa shape index (κ3) is 20.0. The first-order valence-electron chi connectivity index (χ1n) is 9.74. The van der Waals surface area contributed by atoms with Crippen molar-refractivity contribution in [3.8, 4) is 0 Å². The van der Waals surface area contributed by atoms with Gasteiger partial charge in [0.05, 0.1) is 0 Å². The summed E-state index contributed by atoms with van der Waals surface area (Å²) in [7, 11) is 0. The standard InChI is InChI=1S/2C11H23/c1-9(2)6-7-11(5)8-10(3)4;1-6-10(4)8-11(5)7-9(2)3/h9-11H,3,6-8H2,1-2,4-5H3;9-11H,2,6-8H2,1,3-5H3. The smallest absolute Gasteiger partial charge is 0.0438 e. The molecule has 0 saturated heterocycles. The van der Waals surface area contributed by atoms with Crippen molar-refractivity contribution in [1.82, 2.24) is 0 Å². The maximum absolute atomic E-state index is 4.01. The van der Waals surface area contributed by atoms with Gasteiger partial charge in [0.2, 0.25) is 0 Å². The van der Waals surface area contributed by atoms with E-state index in [1.54, 1.807) is 0 Å². The molecule has 22 heavy (non-hydrogen) atoms. The molecule has 0 aromatic rings. The topological polar surface area (TPSA) is 0 Å². The number of rotatable bonds is 10. The molecule has 0 bridgehead atoms. The SMILES string of the molecule is [CH2]C(C)CC(C)CC(C)CC.[CH2]C(C)CC(C)CCC(C)C. The van der Waals surface area contributed by atoms with Gasteiger partial charge in [0.15, 0.2) is 0 Å². The van der Waals surface area contributed by atoms with Crippen LogP contribution in [0.2, 0.25) is 0 Å². The maximum atomic E-state index is 4.01. The van der Waals surface area contributed by atoms with E-state index < -0.39 is 0 Å². The molecule has 2 radical (unpaired) electrons. The molecule has 0 spiro atoms. The molecule has 0 heteroatoms. The summed E-state index contributed by atoms with van der Waals surface area (Å²) in [6, 6.07) is 0. The average molecular weight is 311 g/mol. The molecule has 0 aromatic carbocycles. The first kappa shape index (κ1) is 24.3. The van der Waals surface area contributed by atoms with Crippen molar-refractivity contribution in [2.24, 2.45) is 35.5 Å². The van der Waals surface area contributed by atoms with Gasteiger partial charge in [-0.2, -0.15) is 0 Å². The minimum atomic E-state index is 0.619. The summed E-state index contributed by atoms with van der Waals surface area (Å²) in [6.45, 7) is 26.3. The fourth-order valence-corrected chi connectivity index (χ4v) is 3.06. The van der Waals surface area contributed by atoms with Crippen LogP contribution in [0.25, 0.3) is 0 Å². The minimum Gasteiger partial charge on any atom is -0.0651 e. The molecule has 0 nitrogen and oxygen atoms in total. The van der Waals surface area contributed by atoms with Gasteiger partial charge in [-0.1, -0.05) is 88.5 Å². The summed E-state index contributed by atoms with van der Waals surface area (Å²) >= 11 is 0. The summed E-state index contributed by atoms with van der Waals surface area (Å²) in [5.41, 5.74) is 0. The molecule has 5 unspecified atom stereocenters. The van der Waals surface area contributed by atoms with E-state index in [2.05, 4.69) is 69.2 Å². The van der Waals surface area contributed by atoms with Crippen molar-refractivity contribution in [2.45, 2.75) is 93.9 Å². The molecule has 0 heterocycles. The fourth-order valence-electron chi connectivity index (χ4n) is 3.06. The molecule has 0 aliphatic rings. The van der Waals surface area contributed by atoms with Gasteiger partial charge in [0, 0.05) is 0 Å². The van der Waals surface area contributed by atoms with Gasteiger partial charge >= 0.3 is 0 Å². The molecule has 0 fully saturated rings. The number of hydrogen-bond donors (Lipinski definition) is 0. The third-order valence-electron chi connectivity index (χ3n) is 4.35. The van der Waals surface area contributed by atoms with Gasteiger partial charge in [0.25, 0.3) is 0 Å². The molecular formula is C22H46. The summed E-state index contributed by atoms with van der Waals surface area (Å²) in [5, 5.41) is 0. The minimum absolute atomic E-state index is 0.619. The molecule has 0 saturated carbocycles. The highest BCUT2D eigenvalue weighted by Crippen LogP contribution is 2.20. The molecule has 0 N–H and O–H groups in total. The first-order valence-corrected chi connectivity index (χ1v) is 9.74. The number of hydrogen-bond acceptors (Lipinski definition) is 0. The predicted octanol–water partition coefficient (Wildman–Crippen LogP) is 7.84. The van der Waals surface area contributed by atoms with Crippen molar-refractivity contribution in [3.05, 3.63) is 13.8 Å². The zero-order valence-corrected chi connectivity index (χ0v) is 17.1. The van der Waals surface area contributed by atoms with E-state index in [1.165, 1.54) is 38.5 Å².